The number of halogens is 1. The molecule has 1 aliphatic rings. The van der Waals surface area contributed by atoms with E-state index >= 15 is 0 Å². The van der Waals surface area contributed by atoms with Crippen molar-refractivity contribution in [3.05, 3.63) is 58.6 Å². The quantitative estimate of drug-likeness (QED) is 0.833. The van der Waals surface area contributed by atoms with Crippen LogP contribution in [-0.2, 0) is 4.79 Å². The first-order chi connectivity index (χ1) is 12.1. The average Bonchev–Trinajstić information content (AvgIpc) is 2.96. The van der Waals surface area contributed by atoms with Gasteiger partial charge in [0.2, 0.25) is 5.91 Å². The van der Waals surface area contributed by atoms with Crippen molar-refractivity contribution in [3.8, 4) is 5.75 Å². The highest BCUT2D eigenvalue weighted by Gasteiger charge is 2.32. The van der Waals surface area contributed by atoms with Crippen LogP contribution in [0.15, 0.2) is 53.0 Å². The molecule has 1 N–H and O–H groups in total. The Labute approximate surface area is 155 Å². The number of rotatable bonds is 5. The number of amides is 2. The molecular weight excluding hydrogens is 384 g/mol. The molecule has 1 aliphatic heterocycles. The Balaban J connectivity index is 1.66. The predicted octanol–water partition coefficient (Wildman–Crippen LogP) is 3.38. The molecule has 0 bridgehead atoms. The van der Waals surface area contributed by atoms with Crippen molar-refractivity contribution < 1.29 is 14.3 Å². The number of nitrogens with zero attached hydrogens (tertiary/aromatic N) is 1. The molecule has 1 atom stereocenters. The molecule has 25 heavy (non-hydrogen) atoms. The van der Waals surface area contributed by atoms with E-state index in [0.29, 0.717) is 25.1 Å². The van der Waals surface area contributed by atoms with Gasteiger partial charge in [-0.3, -0.25) is 9.59 Å². The highest BCUT2D eigenvalue weighted by atomic mass is 79.9. The summed E-state index contributed by atoms with van der Waals surface area (Å²) in [7, 11) is 0. The zero-order valence-electron chi connectivity index (χ0n) is 13.9. The van der Waals surface area contributed by atoms with E-state index in [1.54, 1.807) is 11.0 Å². The van der Waals surface area contributed by atoms with E-state index in [1.807, 2.05) is 49.4 Å². The van der Waals surface area contributed by atoms with E-state index in [4.69, 9.17) is 4.74 Å². The Kier molecular flexibility index (Phi) is 5.38. The summed E-state index contributed by atoms with van der Waals surface area (Å²) in [5.74, 6) is 0.595. The Hall–Kier alpha value is -2.34. The lowest BCUT2D eigenvalue weighted by Crippen LogP contribution is -2.37. The molecule has 3 rings (SSSR count). The van der Waals surface area contributed by atoms with Crippen molar-refractivity contribution in [2.45, 2.75) is 19.4 Å². The van der Waals surface area contributed by atoms with Crippen molar-refractivity contribution in [2.24, 2.45) is 0 Å². The van der Waals surface area contributed by atoms with Crippen molar-refractivity contribution in [3.63, 3.8) is 0 Å². The normalized spacial score (nSPS) is 16.8. The highest BCUT2D eigenvalue weighted by Crippen LogP contribution is 2.25. The third-order valence-corrected chi connectivity index (χ3v) is 4.73. The van der Waals surface area contributed by atoms with E-state index in [-0.39, 0.29) is 17.9 Å². The zero-order chi connectivity index (χ0) is 17.8. The monoisotopic (exact) mass is 402 g/mol. The Morgan fingerprint density at radius 2 is 1.96 bits per heavy atom. The number of hydrogen-bond donors (Lipinski definition) is 1. The molecule has 0 radical (unpaired) electrons. The van der Waals surface area contributed by atoms with Gasteiger partial charge >= 0.3 is 0 Å². The second kappa shape index (κ2) is 7.70. The van der Waals surface area contributed by atoms with E-state index in [1.165, 1.54) is 0 Å². The minimum atomic E-state index is -0.210. The van der Waals surface area contributed by atoms with Crippen LogP contribution in [0.1, 0.15) is 23.7 Å². The molecule has 2 aromatic rings. The summed E-state index contributed by atoms with van der Waals surface area (Å²) >= 11 is 3.38. The fourth-order valence-corrected chi connectivity index (χ4v) is 3.32. The van der Waals surface area contributed by atoms with Gasteiger partial charge in [-0.15, -0.1) is 0 Å². The summed E-state index contributed by atoms with van der Waals surface area (Å²) in [5, 5.41) is 2.94. The number of carbonyl (C=O) groups excluding carboxylic acids is 2. The summed E-state index contributed by atoms with van der Waals surface area (Å²) in [4.78, 5) is 26.4. The van der Waals surface area contributed by atoms with Crippen LogP contribution in [-0.4, -0.2) is 31.0 Å². The van der Waals surface area contributed by atoms with Gasteiger partial charge in [-0.05, 0) is 59.3 Å². The lowest BCUT2D eigenvalue weighted by Gasteiger charge is -2.18. The minimum Gasteiger partial charge on any atom is -0.494 e. The van der Waals surface area contributed by atoms with E-state index < -0.39 is 0 Å². The molecule has 0 aromatic heterocycles. The molecule has 0 spiro atoms. The number of carbonyl (C=O) groups is 2. The van der Waals surface area contributed by atoms with Crippen molar-refractivity contribution >= 4 is 33.4 Å². The smallest absolute Gasteiger partial charge is 0.252 e. The van der Waals surface area contributed by atoms with Gasteiger partial charge in [-0.1, -0.05) is 12.1 Å². The molecule has 6 heteroatoms. The van der Waals surface area contributed by atoms with E-state index in [0.717, 1.165) is 15.9 Å². The number of ether oxygens (including phenoxy) is 1. The van der Waals surface area contributed by atoms with Crippen LogP contribution in [0.3, 0.4) is 0 Å². The Morgan fingerprint density at radius 1 is 1.24 bits per heavy atom. The number of nitrogens with one attached hydrogen (secondary N) is 1. The molecule has 5 nitrogen and oxygen atoms in total. The summed E-state index contributed by atoms with van der Waals surface area (Å²) in [6.45, 7) is 2.99. The maximum atomic E-state index is 12.4. The van der Waals surface area contributed by atoms with Crippen molar-refractivity contribution in [1.29, 1.82) is 0 Å². The van der Waals surface area contributed by atoms with Crippen LogP contribution < -0.4 is 15.0 Å². The molecule has 1 heterocycles. The van der Waals surface area contributed by atoms with Gasteiger partial charge < -0.3 is 15.0 Å². The number of anilines is 1. The molecule has 130 valence electrons. The van der Waals surface area contributed by atoms with Crippen molar-refractivity contribution in [1.82, 2.24) is 5.32 Å². The number of hydrogen-bond acceptors (Lipinski definition) is 3. The first-order valence-electron chi connectivity index (χ1n) is 8.17. The van der Waals surface area contributed by atoms with Gasteiger partial charge in [0.1, 0.15) is 5.75 Å². The standard InChI is InChI=1S/C19H19BrN2O3/c1-2-25-15-9-7-14(8-10-15)22-12-13(11-18(22)23)21-19(24)16-5-3-4-6-17(16)20/h3-10,13H,2,11-12H2,1H3,(H,21,24)/t13-/m0/s1. The van der Waals surface area contributed by atoms with Crippen LogP contribution in [0, 0.1) is 0 Å². The lowest BCUT2D eigenvalue weighted by molar-refractivity contribution is -0.117. The molecule has 1 saturated heterocycles. The minimum absolute atomic E-state index is 0.00147. The maximum Gasteiger partial charge on any atom is 0.252 e. The highest BCUT2D eigenvalue weighted by molar-refractivity contribution is 9.10. The first-order valence-corrected chi connectivity index (χ1v) is 8.96. The Bertz CT molecular complexity index is 776. The second-order valence-electron chi connectivity index (χ2n) is 5.79. The summed E-state index contributed by atoms with van der Waals surface area (Å²) < 4.78 is 6.16. The average molecular weight is 403 g/mol. The van der Waals surface area contributed by atoms with E-state index in [9.17, 15) is 9.59 Å². The molecule has 1 fully saturated rings. The van der Waals surface area contributed by atoms with Gasteiger partial charge in [0, 0.05) is 23.1 Å². The topological polar surface area (TPSA) is 58.6 Å². The van der Waals surface area contributed by atoms with Gasteiger partial charge in [-0.2, -0.15) is 0 Å². The van der Waals surface area contributed by atoms with Crippen LogP contribution in [0.5, 0.6) is 5.75 Å². The summed E-state index contributed by atoms with van der Waals surface area (Å²) in [6, 6.07) is 14.4. The molecule has 0 unspecified atom stereocenters. The largest absolute Gasteiger partial charge is 0.494 e. The lowest BCUT2D eigenvalue weighted by atomic mass is 10.2. The fraction of sp³-hybridized carbons (Fsp3) is 0.263. The van der Waals surface area contributed by atoms with Gasteiger partial charge in [-0.25, -0.2) is 0 Å². The zero-order valence-corrected chi connectivity index (χ0v) is 15.5. The third kappa shape index (κ3) is 4.02. The SMILES string of the molecule is CCOc1ccc(N2C[C@@H](NC(=O)c3ccccc3Br)CC2=O)cc1. The Morgan fingerprint density at radius 3 is 2.64 bits per heavy atom. The maximum absolute atomic E-state index is 12.4. The summed E-state index contributed by atoms with van der Waals surface area (Å²) in [6.07, 6.45) is 0.295. The molecule has 0 saturated carbocycles. The van der Waals surface area contributed by atoms with Crippen LogP contribution >= 0.6 is 15.9 Å². The second-order valence-corrected chi connectivity index (χ2v) is 6.64. The predicted molar refractivity (Wildman–Crippen MR) is 100.0 cm³/mol. The number of benzene rings is 2. The van der Waals surface area contributed by atoms with Crippen LogP contribution in [0.25, 0.3) is 0 Å². The molecule has 0 aliphatic carbocycles. The molecule has 2 amide bonds. The van der Waals surface area contributed by atoms with Crippen molar-refractivity contribution in [2.75, 3.05) is 18.1 Å². The van der Waals surface area contributed by atoms with Crippen LogP contribution in [0.2, 0.25) is 0 Å². The van der Waals surface area contributed by atoms with Gasteiger partial charge in [0.05, 0.1) is 18.2 Å². The first kappa shape index (κ1) is 17.5. The summed E-state index contributed by atoms with van der Waals surface area (Å²) in [5.41, 5.74) is 1.38. The fourth-order valence-electron chi connectivity index (χ4n) is 2.85. The molecule has 2 aromatic carbocycles. The molecular formula is C19H19BrN2O3. The van der Waals surface area contributed by atoms with Crippen LogP contribution in [0.4, 0.5) is 5.69 Å². The van der Waals surface area contributed by atoms with E-state index in [2.05, 4.69) is 21.2 Å². The van der Waals surface area contributed by atoms with Gasteiger partial charge in [0.25, 0.3) is 5.91 Å². The third-order valence-electron chi connectivity index (χ3n) is 4.04. The van der Waals surface area contributed by atoms with Gasteiger partial charge in [0.15, 0.2) is 0 Å².